The summed E-state index contributed by atoms with van der Waals surface area (Å²) in [5.74, 6) is 1.20. The molecule has 0 aliphatic carbocycles. The molecule has 0 radical (unpaired) electrons. The Morgan fingerprint density at radius 2 is 1.93 bits per heavy atom. The van der Waals surface area contributed by atoms with Gasteiger partial charge in [-0.2, -0.15) is 0 Å². The minimum Gasteiger partial charge on any atom is -0.126 e. The maximum absolute atomic E-state index is 3.86. The molecule has 1 aromatic rings. The number of allylic oxidation sites excluding steroid dienone is 1. The lowest BCUT2D eigenvalue weighted by atomic mass is 9.89. The summed E-state index contributed by atoms with van der Waals surface area (Å²) >= 11 is 1.94. The van der Waals surface area contributed by atoms with E-state index in [1.54, 1.807) is 0 Å². The normalized spacial score (nSPS) is 11.3. The second kappa shape index (κ2) is 6.02. The molecule has 1 rings (SSSR count). The summed E-state index contributed by atoms with van der Waals surface area (Å²) in [6.07, 6.45) is 4.52. The fourth-order valence-corrected chi connectivity index (χ4v) is 2.21. The highest BCUT2D eigenvalue weighted by Crippen LogP contribution is 2.26. The van der Waals surface area contributed by atoms with E-state index < -0.39 is 0 Å². The molecule has 0 aliphatic heterocycles. The van der Waals surface area contributed by atoms with Crippen molar-refractivity contribution in [1.29, 1.82) is 0 Å². The molecule has 0 amide bonds. The smallest absolute Gasteiger partial charge is 0.00719 e. The zero-order valence-corrected chi connectivity index (χ0v) is 10.5. The monoisotopic (exact) mass is 220 g/mol. The molecule has 15 heavy (non-hydrogen) atoms. The van der Waals surface area contributed by atoms with Gasteiger partial charge in [0.1, 0.15) is 0 Å². The van der Waals surface area contributed by atoms with E-state index in [-0.39, 0.29) is 5.41 Å². The van der Waals surface area contributed by atoms with Crippen molar-refractivity contribution in [3.05, 3.63) is 43.0 Å². The van der Waals surface area contributed by atoms with Gasteiger partial charge in [0.15, 0.2) is 0 Å². The van der Waals surface area contributed by atoms with Gasteiger partial charge >= 0.3 is 0 Å². The van der Waals surface area contributed by atoms with Gasteiger partial charge in [0.25, 0.3) is 0 Å². The van der Waals surface area contributed by atoms with E-state index in [4.69, 9.17) is 0 Å². The van der Waals surface area contributed by atoms with E-state index >= 15 is 0 Å². The van der Waals surface area contributed by atoms with Crippen molar-refractivity contribution in [1.82, 2.24) is 0 Å². The van der Waals surface area contributed by atoms with Crippen molar-refractivity contribution in [3.8, 4) is 0 Å². The maximum Gasteiger partial charge on any atom is 0.00719 e. The summed E-state index contributed by atoms with van der Waals surface area (Å²) in [6, 6.07) is 10.6. The van der Waals surface area contributed by atoms with Crippen LogP contribution in [-0.2, 0) is 0 Å². The van der Waals surface area contributed by atoms with Gasteiger partial charge < -0.3 is 0 Å². The molecule has 0 bridgehead atoms. The minimum atomic E-state index is 0.289. The second-order valence-electron chi connectivity index (χ2n) is 4.46. The van der Waals surface area contributed by atoms with Crippen LogP contribution in [0.1, 0.15) is 26.7 Å². The molecule has 0 aliphatic rings. The van der Waals surface area contributed by atoms with Gasteiger partial charge in [0.05, 0.1) is 0 Å². The summed E-state index contributed by atoms with van der Waals surface area (Å²) in [5.41, 5.74) is 0.289. The first-order valence-corrected chi connectivity index (χ1v) is 6.44. The molecule has 0 fully saturated rings. The van der Waals surface area contributed by atoms with E-state index in [9.17, 15) is 0 Å². The fraction of sp³-hybridized carbons (Fsp3) is 0.429. The fourth-order valence-electron chi connectivity index (χ4n) is 1.34. The van der Waals surface area contributed by atoms with Crippen LogP contribution >= 0.6 is 11.8 Å². The molecule has 82 valence electrons. The Balaban J connectivity index is 2.20. The topological polar surface area (TPSA) is 0 Å². The summed E-state index contributed by atoms with van der Waals surface area (Å²) in [7, 11) is 0. The number of hydrogen-bond donors (Lipinski definition) is 0. The Kier molecular flexibility index (Phi) is 4.97. The van der Waals surface area contributed by atoms with E-state index in [0.717, 1.165) is 0 Å². The van der Waals surface area contributed by atoms with Gasteiger partial charge in [-0.1, -0.05) is 38.1 Å². The van der Waals surface area contributed by atoms with Crippen LogP contribution in [0.4, 0.5) is 0 Å². The lowest BCUT2D eigenvalue weighted by molar-refractivity contribution is 0.435. The molecule has 1 aromatic carbocycles. The standard InChI is InChI=1S/C14H20S/c1-4-14(2,3)11-8-12-15-13-9-6-5-7-10-13/h4-7,9-10H,1,8,11-12H2,2-3H3. The Morgan fingerprint density at radius 1 is 1.27 bits per heavy atom. The summed E-state index contributed by atoms with van der Waals surface area (Å²) in [5, 5.41) is 0. The molecule has 0 saturated heterocycles. The number of benzene rings is 1. The van der Waals surface area contributed by atoms with Crippen LogP contribution < -0.4 is 0 Å². The van der Waals surface area contributed by atoms with Crippen molar-refractivity contribution in [2.45, 2.75) is 31.6 Å². The highest BCUT2D eigenvalue weighted by molar-refractivity contribution is 7.99. The van der Waals surface area contributed by atoms with Gasteiger partial charge in [0, 0.05) is 4.90 Å². The largest absolute Gasteiger partial charge is 0.126 e. The summed E-state index contributed by atoms with van der Waals surface area (Å²) in [4.78, 5) is 1.37. The highest BCUT2D eigenvalue weighted by Gasteiger charge is 2.11. The first-order valence-electron chi connectivity index (χ1n) is 5.45. The Labute approximate surface area is 97.8 Å². The third-order valence-corrected chi connectivity index (χ3v) is 3.63. The van der Waals surface area contributed by atoms with Crippen LogP contribution in [0.25, 0.3) is 0 Å². The highest BCUT2D eigenvalue weighted by atomic mass is 32.2. The third-order valence-electron chi connectivity index (χ3n) is 2.53. The quantitative estimate of drug-likeness (QED) is 0.378. The second-order valence-corrected chi connectivity index (χ2v) is 5.63. The first-order chi connectivity index (χ1) is 7.14. The molecule has 0 spiro atoms. The SMILES string of the molecule is C=CC(C)(C)CCCSc1ccccc1. The molecule has 0 nitrogen and oxygen atoms in total. The van der Waals surface area contributed by atoms with E-state index in [1.165, 1.54) is 23.5 Å². The minimum absolute atomic E-state index is 0.289. The van der Waals surface area contributed by atoms with E-state index in [1.807, 2.05) is 11.8 Å². The first kappa shape index (κ1) is 12.4. The molecule has 0 unspecified atom stereocenters. The van der Waals surface area contributed by atoms with Crippen molar-refractivity contribution in [3.63, 3.8) is 0 Å². The molecular formula is C14H20S. The van der Waals surface area contributed by atoms with Crippen molar-refractivity contribution in [2.75, 3.05) is 5.75 Å². The molecule has 0 aromatic heterocycles. The molecule has 0 heterocycles. The molecule has 0 saturated carbocycles. The zero-order chi connectivity index (χ0) is 11.1. The van der Waals surface area contributed by atoms with Gasteiger partial charge in [0.2, 0.25) is 0 Å². The van der Waals surface area contributed by atoms with Gasteiger partial charge in [-0.05, 0) is 36.1 Å². The predicted molar refractivity (Wildman–Crippen MR) is 70.4 cm³/mol. The van der Waals surface area contributed by atoms with Crippen LogP contribution in [0, 0.1) is 5.41 Å². The van der Waals surface area contributed by atoms with E-state index in [2.05, 4.69) is 56.8 Å². The number of thioether (sulfide) groups is 1. The number of hydrogen-bond acceptors (Lipinski definition) is 1. The summed E-state index contributed by atoms with van der Waals surface area (Å²) in [6.45, 7) is 8.35. The molecule has 0 N–H and O–H groups in total. The van der Waals surface area contributed by atoms with Crippen LogP contribution in [0.5, 0.6) is 0 Å². The summed E-state index contributed by atoms with van der Waals surface area (Å²) < 4.78 is 0. The molecule has 0 atom stereocenters. The van der Waals surface area contributed by atoms with Gasteiger partial charge in [-0.25, -0.2) is 0 Å². The Hall–Kier alpha value is -0.690. The van der Waals surface area contributed by atoms with Crippen molar-refractivity contribution >= 4 is 11.8 Å². The average Bonchev–Trinajstić information content (AvgIpc) is 2.26. The third kappa shape index (κ3) is 5.08. The lowest BCUT2D eigenvalue weighted by Gasteiger charge is -2.18. The maximum atomic E-state index is 3.86. The number of rotatable bonds is 6. The van der Waals surface area contributed by atoms with Crippen molar-refractivity contribution < 1.29 is 0 Å². The van der Waals surface area contributed by atoms with Gasteiger partial charge in [-0.15, -0.1) is 18.3 Å². The Morgan fingerprint density at radius 3 is 2.53 bits per heavy atom. The van der Waals surface area contributed by atoms with Crippen LogP contribution in [0.15, 0.2) is 47.9 Å². The van der Waals surface area contributed by atoms with Gasteiger partial charge in [-0.3, -0.25) is 0 Å². The van der Waals surface area contributed by atoms with Crippen LogP contribution in [0.2, 0.25) is 0 Å². The lowest BCUT2D eigenvalue weighted by Crippen LogP contribution is -2.06. The predicted octanol–water partition coefficient (Wildman–Crippen LogP) is 4.77. The van der Waals surface area contributed by atoms with Crippen LogP contribution in [-0.4, -0.2) is 5.75 Å². The Bertz CT molecular complexity index is 287. The van der Waals surface area contributed by atoms with Crippen molar-refractivity contribution in [2.24, 2.45) is 5.41 Å². The van der Waals surface area contributed by atoms with E-state index in [0.29, 0.717) is 0 Å². The average molecular weight is 220 g/mol. The zero-order valence-electron chi connectivity index (χ0n) is 9.70. The molecular weight excluding hydrogens is 200 g/mol. The molecule has 1 heteroatoms. The van der Waals surface area contributed by atoms with Crippen LogP contribution in [0.3, 0.4) is 0 Å².